The molecule has 0 saturated heterocycles. The third-order valence-electron chi connectivity index (χ3n) is 0.524. The lowest BCUT2D eigenvalue weighted by molar-refractivity contribution is 1.24. The molecule has 2 heteroatoms. The van der Waals surface area contributed by atoms with Gasteiger partial charge in [-0.15, -0.1) is 0 Å². The molecule has 0 spiro atoms. The highest BCUT2D eigenvalue weighted by molar-refractivity contribution is 4.89. The number of aromatic amines is 1. The Morgan fingerprint density at radius 3 is 3.29 bits per heavy atom. The topological polar surface area (TPSA) is 32.9 Å². The van der Waals surface area contributed by atoms with Gasteiger partial charge in [0.25, 0.3) is 0 Å². The van der Waals surface area contributed by atoms with Gasteiger partial charge in [0.1, 0.15) is 0 Å². The van der Waals surface area contributed by atoms with Crippen molar-refractivity contribution < 1.29 is 4.11 Å². The fourth-order valence-electron chi connectivity index (χ4n) is 0.267. The van der Waals surface area contributed by atoms with Gasteiger partial charge >= 0.3 is 0 Å². The zero-order chi connectivity index (χ0) is 7.72. The van der Waals surface area contributed by atoms with E-state index in [1.165, 1.54) is 0 Å². The summed E-state index contributed by atoms with van der Waals surface area (Å²) in [6.07, 6.45) is 1.10. The number of hydrogen-bond acceptors (Lipinski definition) is 1. The summed E-state index contributed by atoms with van der Waals surface area (Å²) in [5, 5.41) is 0. The second-order valence-electron chi connectivity index (χ2n) is 1.01. The molecule has 0 fully saturated rings. The summed E-state index contributed by atoms with van der Waals surface area (Å²) in [4.78, 5) is 12.7. The second-order valence-corrected chi connectivity index (χ2v) is 1.01. The van der Waals surface area contributed by atoms with Crippen LogP contribution in [-0.2, 0) is 0 Å². The molecule has 0 atom stereocenters. The van der Waals surface area contributed by atoms with Crippen LogP contribution in [0.15, 0.2) is 29.1 Å². The molecule has 1 aromatic heterocycles. The Morgan fingerprint density at radius 2 is 2.57 bits per heavy atom. The highest BCUT2D eigenvalue weighted by Crippen LogP contribution is 1.67. The molecule has 1 N–H and O–H groups in total. The van der Waals surface area contributed by atoms with Crippen molar-refractivity contribution in [3.05, 3.63) is 34.7 Å². The molecule has 0 bridgehead atoms. The number of rotatable bonds is 0. The molecule has 36 valence electrons. The molecule has 0 aliphatic carbocycles. The molecule has 0 unspecified atom stereocenters. The number of hydrogen-bond donors (Lipinski definition) is 1. The van der Waals surface area contributed by atoms with Crippen LogP contribution in [0.4, 0.5) is 0 Å². The van der Waals surface area contributed by atoms with Gasteiger partial charge < -0.3 is 4.98 Å². The average molecular weight is 98.1 g/mol. The van der Waals surface area contributed by atoms with Crippen LogP contribution in [0.5, 0.6) is 0 Å². The molecule has 0 saturated carbocycles. The minimum absolute atomic E-state index is 0.135. The lowest BCUT2D eigenvalue weighted by atomic mass is 10.5. The Bertz CT molecular complexity index is 306. The van der Waals surface area contributed by atoms with E-state index in [9.17, 15) is 4.79 Å². The molecule has 0 aliphatic rings. The van der Waals surface area contributed by atoms with Crippen LogP contribution in [0, 0.1) is 0 Å². The third-order valence-corrected chi connectivity index (χ3v) is 0.524. The van der Waals surface area contributed by atoms with Gasteiger partial charge in [0, 0.05) is 12.2 Å². The van der Waals surface area contributed by atoms with Gasteiger partial charge in [-0.05, 0) is 6.04 Å². The van der Waals surface area contributed by atoms with Gasteiger partial charge in [0.2, 0.25) is 5.56 Å². The van der Waals surface area contributed by atoms with Gasteiger partial charge in [-0.2, -0.15) is 0 Å². The Balaban J connectivity index is 3.49. The van der Waals surface area contributed by atoms with Crippen LogP contribution in [0.2, 0.25) is 0 Å². The molecular weight excluding hydrogens is 90.1 g/mol. The minimum Gasteiger partial charge on any atom is -0.329 e. The maximum Gasteiger partial charge on any atom is 0.247 e. The molecule has 0 radical (unpaired) electrons. The van der Waals surface area contributed by atoms with Crippen molar-refractivity contribution >= 4 is 0 Å². The maximum absolute atomic E-state index is 10.5. The minimum atomic E-state index is -0.624. The summed E-state index contributed by atoms with van der Waals surface area (Å²) >= 11 is 0. The molecule has 1 rings (SSSR count). The summed E-state index contributed by atoms with van der Waals surface area (Å²) in [5.41, 5.74) is -0.624. The van der Waals surface area contributed by atoms with Crippen molar-refractivity contribution in [2.75, 3.05) is 0 Å². The van der Waals surface area contributed by atoms with E-state index < -0.39 is 11.6 Å². The first-order valence-corrected chi connectivity index (χ1v) is 1.78. The predicted molar refractivity (Wildman–Crippen MR) is 27.1 cm³/mol. The van der Waals surface area contributed by atoms with Crippen LogP contribution in [0.1, 0.15) is 4.11 Å². The summed E-state index contributed by atoms with van der Waals surface area (Å²) in [6.45, 7) is 0. The second kappa shape index (κ2) is 1.60. The van der Waals surface area contributed by atoms with Crippen LogP contribution >= 0.6 is 0 Å². The lowest BCUT2D eigenvalue weighted by Crippen LogP contribution is -1.98. The molecule has 2 nitrogen and oxygen atoms in total. The van der Waals surface area contributed by atoms with Crippen LogP contribution < -0.4 is 5.56 Å². The van der Waals surface area contributed by atoms with Gasteiger partial charge in [-0.3, -0.25) is 4.79 Å². The van der Waals surface area contributed by atoms with Crippen molar-refractivity contribution in [2.24, 2.45) is 0 Å². The first-order valence-electron chi connectivity index (χ1n) is 3.28. The van der Waals surface area contributed by atoms with Crippen molar-refractivity contribution in [3.63, 3.8) is 0 Å². The molecular formula is C5H5NO. The molecule has 7 heavy (non-hydrogen) atoms. The molecule has 1 aromatic rings. The fraction of sp³-hybridized carbons (Fsp3) is 0. The van der Waals surface area contributed by atoms with E-state index >= 15 is 0 Å². The quantitative estimate of drug-likeness (QED) is 0.499. The third kappa shape index (κ3) is 0.892. The van der Waals surface area contributed by atoms with E-state index in [0.29, 0.717) is 0 Å². The zero-order valence-electron chi connectivity index (χ0n) is 6.49. The van der Waals surface area contributed by atoms with E-state index in [-0.39, 0.29) is 12.1 Å². The number of nitrogens with one attached hydrogen (secondary N) is 1. The number of H-pyrrole nitrogens is 1. The molecule has 0 amide bonds. The Labute approximate surface area is 45.0 Å². The standard InChI is InChI=1S/C5H5NO/c7-5-3-1-2-4-6-5/h1-4H,(H,6,7)/i1D,2D,3D. The van der Waals surface area contributed by atoms with E-state index in [4.69, 9.17) is 4.11 Å². The van der Waals surface area contributed by atoms with Crippen LogP contribution in [0.25, 0.3) is 0 Å². The van der Waals surface area contributed by atoms with E-state index in [2.05, 4.69) is 4.98 Å². The first kappa shape index (κ1) is 1.82. The van der Waals surface area contributed by atoms with Crippen molar-refractivity contribution in [1.82, 2.24) is 4.98 Å². The van der Waals surface area contributed by atoms with Crippen molar-refractivity contribution in [2.45, 2.75) is 0 Å². The van der Waals surface area contributed by atoms with Crippen LogP contribution in [0.3, 0.4) is 0 Å². The molecule has 0 aliphatic heterocycles. The monoisotopic (exact) mass is 98.1 g/mol. The Kier molecular flexibility index (Phi) is 0.416. The average Bonchev–Trinajstić information content (AvgIpc) is 1.93. The largest absolute Gasteiger partial charge is 0.329 e. The zero-order valence-corrected chi connectivity index (χ0v) is 3.49. The number of aromatic nitrogens is 1. The van der Waals surface area contributed by atoms with Crippen molar-refractivity contribution in [3.8, 4) is 0 Å². The highest BCUT2D eigenvalue weighted by atomic mass is 16.1. The van der Waals surface area contributed by atoms with Crippen LogP contribution in [-0.4, -0.2) is 4.98 Å². The van der Waals surface area contributed by atoms with Gasteiger partial charge in [-0.25, -0.2) is 0 Å². The van der Waals surface area contributed by atoms with Gasteiger partial charge in [0.05, 0.1) is 4.11 Å². The predicted octanol–water partition coefficient (Wildman–Crippen LogP) is 0.375. The van der Waals surface area contributed by atoms with Gasteiger partial charge in [-0.1, -0.05) is 6.04 Å². The smallest absolute Gasteiger partial charge is 0.247 e. The Hall–Kier alpha value is -1.05. The fourth-order valence-corrected chi connectivity index (χ4v) is 0.267. The van der Waals surface area contributed by atoms with E-state index in [1.54, 1.807) is 0 Å². The summed E-state index contributed by atoms with van der Waals surface area (Å²) in [6, 6.07) is -0.916. The Morgan fingerprint density at radius 1 is 1.71 bits per heavy atom. The normalized spacial score (nSPS) is 14.6. The lowest BCUT2D eigenvalue weighted by Gasteiger charge is -1.73. The first-order chi connectivity index (χ1) is 4.63. The summed E-state index contributed by atoms with van der Waals surface area (Å²) in [7, 11) is 0. The summed E-state index contributed by atoms with van der Waals surface area (Å²) < 4.78 is 20.9. The highest BCUT2D eigenvalue weighted by Gasteiger charge is 1.69. The van der Waals surface area contributed by atoms with E-state index in [1.807, 2.05) is 0 Å². The molecule has 0 aromatic carbocycles. The van der Waals surface area contributed by atoms with Crippen molar-refractivity contribution in [1.29, 1.82) is 0 Å². The maximum atomic E-state index is 10.5. The van der Waals surface area contributed by atoms with E-state index in [0.717, 1.165) is 6.20 Å². The number of pyridine rings is 1. The summed E-state index contributed by atoms with van der Waals surface area (Å²) in [5.74, 6) is 0. The SMILES string of the molecule is [2H]c1c[nH]c(=O)c([2H])c1[2H]. The molecule has 1 heterocycles. The van der Waals surface area contributed by atoms with Gasteiger partial charge in [0.15, 0.2) is 0 Å².